The molecule has 1 saturated carbocycles. The summed E-state index contributed by atoms with van der Waals surface area (Å²) in [5, 5.41) is 2.04. The minimum atomic E-state index is -4.59. The molecule has 0 aliphatic heterocycles. The van der Waals surface area contributed by atoms with Crippen LogP contribution in [0.3, 0.4) is 0 Å². The first kappa shape index (κ1) is 14.3. The second kappa shape index (κ2) is 5.23. The van der Waals surface area contributed by atoms with E-state index in [9.17, 15) is 22.4 Å². The molecule has 1 N–H and O–H groups in total. The summed E-state index contributed by atoms with van der Waals surface area (Å²) < 4.78 is 49.4. The van der Waals surface area contributed by atoms with Crippen LogP contribution in [0.5, 0.6) is 0 Å². The number of carbonyl (C=O) groups is 1. The zero-order chi connectivity index (χ0) is 13.2. The third-order valence-corrected chi connectivity index (χ3v) is 3.32. The lowest BCUT2D eigenvalue weighted by Crippen LogP contribution is -2.51. The number of carbonyl (C=O) groups excluding carboxylic acids is 1. The van der Waals surface area contributed by atoms with Gasteiger partial charge in [-0.3, -0.25) is 4.79 Å². The predicted molar refractivity (Wildman–Crippen MR) is 55.1 cm³/mol. The highest BCUT2D eigenvalue weighted by molar-refractivity contribution is 5.84. The number of nitrogens with one attached hydrogen (secondary N) is 1. The third kappa shape index (κ3) is 3.33. The van der Waals surface area contributed by atoms with Crippen LogP contribution in [0.25, 0.3) is 0 Å². The normalized spacial score (nSPS) is 30.4. The summed E-state index contributed by atoms with van der Waals surface area (Å²) >= 11 is 0. The highest BCUT2D eigenvalue weighted by Crippen LogP contribution is 2.30. The van der Waals surface area contributed by atoms with Crippen molar-refractivity contribution in [1.29, 1.82) is 0 Å². The maximum absolute atomic E-state index is 12.7. The van der Waals surface area contributed by atoms with Gasteiger partial charge in [-0.15, -0.1) is 0 Å². The summed E-state index contributed by atoms with van der Waals surface area (Å²) in [5.74, 6) is -5.94. The van der Waals surface area contributed by atoms with Crippen LogP contribution >= 0.6 is 0 Å². The number of hydrogen-bond acceptors (Lipinski definition) is 1. The zero-order valence-corrected chi connectivity index (χ0v) is 9.85. The van der Waals surface area contributed by atoms with E-state index in [-0.39, 0.29) is 5.92 Å². The number of halogens is 4. The van der Waals surface area contributed by atoms with Crippen LogP contribution in [0.2, 0.25) is 0 Å². The second-order valence-corrected chi connectivity index (χ2v) is 4.90. The Hall–Kier alpha value is -0.810. The molecule has 1 aliphatic carbocycles. The SMILES string of the molecule is CC1CCC(NC(=O)C(F)(F)C(F)F)C(C)C1. The largest absolute Gasteiger partial charge is 0.383 e. The van der Waals surface area contributed by atoms with E-state index in [0.717, 1.165) is 12.8 Å². The molecule has 0 aromatic heterocycles. The van der Waals surface area contributed by atoms with Crippen LogP contribution in [-0.2, 0) is 4.79 Å². The first-order valence-corrected chi connectivity index (χ1v) is 5.72. The first-order chi connectivity index (χ1) is 7.75. The van der Waals surface area contributed by atoms with Crippen LogP contribution in [0.1, 0.15) is 33.1 Å². The van der Waals surface area contributed by atoms with Crippen LogP contribution in [0.15, 0.2) is 0 Å². The topological polar surface area (TPSA) is 29.1 Å². The van der Waals surface area contributed by atoms with Gasteiger partial charge in [-0.25, -0.2) is 8.78 Å². The van der Waals surface area contributed by atoms with Gasteiger partial charge in [-0.05, 0) is 31.1 Å². The molecule has 1 amide bonds. The molecular weight excluding hydrogens is 238 g/mol. The average Bonchev–Trinajstić information content (AvgIpc) is 2.21. The van der Waals surface area contributed by atoms with Crippen LogP contribution in [0.4, 0.5) is 17.6 Å². The number of rotatable bonds is 3. The van der Waals surface area contributed by atoms with Crippen molar-refractivity contribution in [3.63, 3.8) is 0 Å². The van der Waals surface area contributed by atoms with Crippen LogP contribution in [0, 0.1) is 11.8 Å². The van der Waals surface area contributed by atoms with Gasteiger partial charge in [0.25, 0.3) is 5.91 Å². The summed E-state index contributed by atoms with van der Waals surface area (Å²) in [4.78, 5) is 11.1. The Labute approximate surface area is 97.8 Å². The summed E-state index contributed by atoms with van der Waals surface area (Å²) in [6.07, 6.45) is -1.77. The highest BCUT2D eigenvalue weighted by Gasteiger charge is 2.49. The fourth-order valence-electron chi connectivity index (χ4n) is 2.24. The Morgan fingerprint density at radius 1 is 1.29 bits per heavy atom. The Bertz CT molecular complexity index is 283. The smallest absolute Gasteiger partial charge is 0.348 e. The van der Waals surface area contributed by atoms with Gasteiger partial charge in [0.2, 0.25) is 0 Å². The summed E-state index contributed by atoms with van der Waals surface area (Å²) in [5.41, 5.74) is 0. The lowest BCUT2D eigenvalue weighted by Gasteiger charge is -2.33. The van der Waals surface area contributed by atoms with E-state index in [1.807, 2.05) is 19.2 Å². The molecule has 0 saturated heterocycles. The molecule has 17 heavy (non-hydrogen) atoms. The van der Waals surface area contributed by atoms with E-state index in [4.69, 9.17) is 0 Å². The summed E-state index contributed by atoms with van der Waals surface area (Å²) in [6, 6.07) is -0.427. The molecule has 0 heterocycles. The van der Waals surface area contributed by atoms with Gasteiger partial charge in [0.05, 0.1) is 0 Å². The minimum absolute atomic E-state index is 0.0381. The number of amides is 1. The lowest BCUT2D eigenvalue weighted by atomic mass is 9.80. The quantitative estimate of drug-likeness (QED) is 0.772. The Balaban J connectivity index is 2.57. The molecule has 6 heteroatoms. The van der Waals surface area contributed by atoms with Gasteiger partial charge in [0.1, 0.15) is 0 Å². The van der Waals surface area contributed by atoms with Crippen molar-refractivity contribution in [2.45, 2.75) is 51.5 Å². The molecule has 1 aliphatic rings. The monoisotopic (exact) mass is 255 g/mol. The van der Waals surface area contributed by atoms with E-state index in [2.05, 4.69) is 0 Å². The van der Waals surface area contributed by atoms with E-state index in [1.54, 1.807) is 0 Å². The lowest BCUT2D eigenvalue weighted by molar-refractivity contribution is -0.170. The van der Waals surface area contributed by atoms with E-state index < -0.39 is 24.3 Å². The van der Waals surface area contributed by atoms with Crippen molar-refractivity contribution in [2.24, 2.45) is 11.8 Å². The molecule has 0 spiro atoms. The van der Waals surface area contributed by atoms with Crippen LogP contribution < -0.4 is 5.32 Å². The molecule has 0 aromatic rings. The predicted octanol–water partition coefficient (Wildman–Crippen LogP) is 2.83. The minimum Gasteiger partial charge on any atom is -0.348 e. The van der Waals surface area contributed by atoms with Gasteiger partial charge in [0.15, 0.2) is 0 Å². The Morgan fingerprint density at radius 3 is 2.35 bits per heavy atom. The number of alkyl halides is 4. The second-order valence-electron chi connectivity index (χ2n) is 4.90. The van der Waals surface area contributed by atoms with Gasteiger partial charge >= 0.3 is 12.3 Å². The van der Waals surface area contributed by atoms with Crippen LogP contribution in [-0.4, -0.2) is 24.3 Å². The van der Waals surface area contributed by atoms with Crippen molar-refractivity contribution in [3.8, 4) is 0 Å². The first-order valence-electron chi connectivity index (χ1n) is 5.72. The van der Waals surface area contributed by atoms with Crippen molar-refractivity contribution in [2.75, 3.05) is 0 Å². The maximum Gasteiger partial charge on any atom is 0.383 e. The zero-order valence-electron chi connectivity index (χ0n) is 9.85. The van der Waals surface area contributed by atoms with E-state index in [1.165, 1.54) is 0 Å². The van der Waals surface area contributed by atoms with Gasteiger partial charge in [-0.1, -0.05) is 13.8 Å². The molecule has 0 bridgehead atoms. The van der Waals surface area contributed by atoms with Gasteiger partial charge in [0, 0.05) is 6.04 Å². The molecule has 1 rings (SSSR count). The molecule has 0 radical (unpaired) electrons. The standard InChI is InChI=1S/C11H17F4NO/c1-6-3-4-8(7(2)5-6)16-10(17)11(14,15)9(12)13/h6-9H,3-5H2,1-2H3,(H,16,17). The molecule has 0 aromatic carbocycles. The fourth-order valence-corrected chi connectivity index (χ4v) is 2.24. The molecule has 3 unspecified atom stereocenters. The number of hydrogen-bond donors (Lipinski definition) is 1. The fraction of sp³-hybridized carbons (Fsp3) is 0.909. The van der Waals surface area contributed by atoms with Crippen molar-refractivity contribution in [3.05, 3.63) is 0 Å². The van der Waals surface area contributed by atoms with Crippen molar-refractivity contribution in [1.82, 2.24) is 5.32 Å². The molecule has 1 fully saturated rings. The average molecular weight is 255 g/mol. The Morgan fingerprint density at radius 2 is 1.88 bits per heavy atom. The van der Waals surface area contributed by atoms with Crippen molar-refractivity contribution < 1.29 is 22.4 Å². The van der Waals surface area contributed by atoms with Gasteiger partial charge in [-0.2, -0.15) is 8.78 Å². The molecule has 100 valence electrons. The molecule has 3 atom stereocenters. The summed E-state index contributed by atoms with van der Waals surface area (Å²) in [7, 11) is 0. The Kier molecular flexibility index (Phi) is 4.38. The maximum atomic E-state index is 12.7. The molecule has 2 nitrogen and oxygen atoms in total. The molecular formula is C11H17F4NO. The van der Waals surface area contributed by atoms with E-state index >= 15 is 0 Å². The van der Waals surface area contributed by atoms with Gasteiger partial charge < -0.3 is 5.32 Å². The van der Waals surface area contributed by atoms with E-state index in [0.29, 0.717) is 12.3 Å². The van der Waals surface area contributed by atoms with Crippen molar-refractivity contribution >= 4 is 5.91 Å². The third-order valence-electron chi connectivity index (χ3n) is 3.32. The summed E-state index contributed by atoms with van der Waals surface area (Å²) in [6.45, 7) is 3.88. The highest BCUT2D eigenvalue weighted by atomic mass is 19.3.